The zero-order valence-electron chi connectivity index (χ0n) is 9.40. The van der Waals surface area contributed by atoms with Crippen molar-refractivity contribution in [3.05, 3.63) is 0 Å². The Bertz CT molecular complexity index is 284. The summed E-state index contributed by atoms with van der Waals surface area (Å²) in [6.45, 7) is 5.70. The molecular weight excluding hydrogens is 192 g/mol. The van der Waals surface area contributed by atoms with E-state index in [-0.39, 0.29) is 30.3 Å². The number of amides is 2. The predicted octanol–water partition coefficient (Wildman–Crippen LogP) is 0.476. The van der Waals surface area contributed by atoms with Crippen LogP contribution in [0.4, 0.5) is 0 Å². The van der Waals surface area contributed by atoms with E-state index in [2.05, 4.69) is 0 Å². The normalized spacial score (nSPS) is 22.5. The van der Waals surface area contributed by atoms with Gasteiger partial charge in [-0.3, -0.25) is 9.59 Å². The molecule has 4 heteroatoms. The van der Waals surface area contributed by atoms with Gasteiger partial charge in [-0.2, -0.15) is 0 Å². The molecule has 1 saturated heterocycles. The van der Waals surface area contributed by atoms with Gasteiger partial charge in [0.2, 0.25) is 11.8 Å². The highest BCUT2D eigenvalue weighted by molar-refractivity contribution is 5.88. The van der Waals surface area contributed by atoms with Gasteiger partial charge in [0.25, 0.3) is 0 Å². The topological polar surface area (TPSA) is 40.6 Å². The van der Waals surface area contributed by atoms with Crippen molar-refractivity contribution in [3.8, 4) is 0 Å². The third-order valence-corrected chi connectivity index (χ3v) is 3.12. The summed E-state index contributed by atoms with van der Waals surface area (Å²) in [6.07, 6.45) is 2.02. The Kier molecular flexibility index (Phi) is 2.67. The van der Waals surface area contributed by atoms with Gasteiger partial charge in [0.1, 0.15) is 0 Å². The number of piperazine rings is 1. The van der Waals surface area contributed by atoms with Crippen molar-refractivity contribution in [2.75, 3.05) is 19.6 Å². The lowest BCUT2D eigenvalue weighted by molar-refractivity contribution is -0.147. The Morgan fingerprint density at radius 2 is 2.00 bits per heavy atom. The molecule has 1 aliphatic carbocycles. The zero-order chi connectivity index (χ0) is 11.0. The molecule has 0 aromatic carbocycles. The maximum Gasteiger partial charge on any atom is 0.242 e. The molecule has 1 aliphatic heterocycles. The Hall–Kier alpha value is -1.06. The van der Waals surface area contributed by atoms with Crippen LogP contribution in [0.15, 0.2) is 0 Å². The molecule has 0 unspecified atom stereocenters. The average Bonchev–Trinajstić information content (AvgIpc) is 2.99. The van der Waals surface area contributed by atoms with Crippen LogP contribution in [0.2, 0.25) is 0 Å². The van der Waals surface area contributed by atoms with E-state index in [0.717, 1.165) is 12.8 Å². The van der Waals surface area contributed by atoms with Gasteiger partial charge in [-0.1, -0.05) is 0 Å². The number of rotatable bonds is 2. The van der Waals surface area contributed by atoms with Crippen molar-refractivity contribution in [1.82, 2.24) is 9.80 Å². The average molecular weight is 210 g/mol. The van der Waals surface area contributed by atoms with Crippen molar-refractivity contribution >= 4 is 11.8 Å². The Morgan fingerprint density at radius 1 is 1.33 bits per heavy atom. The van der Waals surface area contributed by atoms with Crippen LogP contribution in [0.1, 0.15) is 26.7 Å². The number of hydrogen-bond donors (Lipinski definition) is 0. The van der Waals surface area contributed by atoms with Crippen LogP contribution >= 0.6 is 0 Å². The second-order valence-corrected chi connectivity index (χ2v) is 4.71. The van der Waals surface area contributed by atoms with Crippen LogP contribution in [0, 0.1) is 5.92 Å². The monoisotopic (exact) mass is 210 g/mol. The van der Waals surface area contributed by atoms with Crippen molar-refractivity contribution in [2.24, 2.45) is 5.92 Å². The summed E-state index contributed by atoms with van der Waals surface area (Å²) < 4.78 is 0. The van der Waals surface area contributed by atoms with Crippen LogP contribution in [0.25, 0.3) is 0 Å². The van der Waals surface area contributed by atoms with Crippen LogP contribution in [-0.4, -0.2) is 47.3 Å². The summed E-state index contributed by atoms with van der Waals surface area (Å²) in [5.74, 6) is 0.500. The molecular formula is C11H18N2O2. The first kappa shape index (κ1) is 10.5. The standard InChI is InChI=1S/C11H18N2O2/c1-8(2)13-6-5-12(7-10(13)14)11(15)9-3-4-9/h8-9H,3-7H2,1-2H3. The van der Waals surface area contributed by atoms with Crippen LogP contribution < -0.4 is 0 Å². The van der Waals surface area contributed by atoms with Crippen molar-refractivity contribution in [3.63, 3.8) is 0 Å². The van der Waals surface area contributed by atoms with E-state index in [1.807, 2.05) is 18.7 Å². The minimum absolute atomic E-state index is 0.0882. The van der Waals surface area contributed by atoms with E-state index in [1.54, 1.807) is 4.90 Å². The Balaban J connectivity index is 1.93. The molecule has 84 valence electrons. The van der Waals surface area contributed by atoms with E-state index in [4.69, 9.17) is 0 Å². The summed E-state index contributed by atoms with van der Waals surface area (Å²) in [5.41, 5.74) is 0. The highest BCUT2D eigenvalue weighted by Crippen LogP contribution is 2.31. The van der Waals surface area contributed by atoms with Gasteiger partial charge in [-0.25, -0.2) is 0 Å². The summed E-state index contributed by atoms with van der Waals surface area (Å²) in [4.78, 5) is 27.0. The molecule has 0 radical (unpaired) electrons. The van der Waals surface area contributed by atoms with E-state index < -0.39 is 0 Å². The zero-order valence-corrected chi connectivity index (χ0v) is 9.40. The quantitative estimate of drug-likeness (QED) is 0.665. The molecule has 2 fully saturated rings. The maximum absolute atomic E-state index is 11.7. The van der Waals surface area contributed by atoms with Gasteiger partial charge >= 0.3 is 0 Å². The summed E-state index contributed by atoms with van der Waals surface area (Å²) in [5, 5.41) is 0. The molecule has 0 atom stereocenters. The molecule has 0 bridgehead atoms. The molecule has 2 amide bonds. The highest BCUT2D eigenvalue weighted by Gasteiger charge is 2.36. The predicted molar refractivity (Wildman–Crippen MR) is 56.2 cm³/mol. The molecule has 4 nitrogen and oxygen atoms in total. The number of nitrogens with zero attached hydrogens (tertiary/aromatic N) is 2. The first-order valence-corrected chi connectivity index (χ1v) is 5.68. The number of hydrogen-bond acceptors (Lipinski definition) is 2. The van der Waals surface area contributed by atoms with Crippen molar-refractivity contribution in [1.29, 1.82) is 0 Å². The minimum Gasteiger partial charge on any atom is -0.337 e. The van der Waals surface area contributed by atoms with E-state index in [1.165, 1.54) is 0 Å². The molecule has 2 rings (SSSR count). The summed E-state index contributed by atoms with van der Waals surface area (Å²) in [6, 6.07) is 0.246. The molecule has 2 aliphatic rings. The fraction of sp³-hybridized carbons (Fsp3) is 0.818. The number of carbonyl (C=O) groups is 2. The largest absolute Gasteiger partial charge is 0.337 e. The Labute approximate surface area is 90.2 Å². The van der Waals surface area contributed by atoms with E-state index >= 15 is 0 Å². The fourth-order valence-corrected chi connectivity index (χ4v) is 2.01. The highest BCUT2D eigenvalue weighted by atomic mass is 16.2. The summed E-state index contributed by atoms with van der Waals surface area (Å²) in [7, 11) is 0. The number of carbonyl (C=O) groups excluding carboxylic acids is 2. The third kappa shape index (κ3) is 2.13. The second kappa shape index (κ2) is 3.83. The first-order valence-electron chi connectivity index (χ1n) is 5.68. The maximum atomic E-state index is 11.7. The third-order valence-electron chi connectivity index (χ3n) is 3.12. The SMILES string of the molecule is CC(C)N1CCN(C(=O)C2CC2)CC1=O. The van der Waals surface area contributed by atoms with Gasteiger partial charge in [0, 0.05) is 25.0 Å². The van der Waals surface area contributed by atoms with Crippen LogP contribution in [0.3, 0.4) is 0 Å². The van der Waals surface area contributed by atoms with Crippen molar-refractivity contribution in [2.45, 2.75) is 32.7 Å². The van der Waals surface area contributed by atoms with Gasteiger partial charge in [-0.15, -0.1) is 0 Å². The van der Waals surface area contributed by atoms with Gasteiger partial charge < -0.3 is 9.80 Å². The smallest absolute Gasteiger partial charge is 0.242 e. The molecule has 15 heavy (non-hydrogen) atoms. The van der Waals surface area contributed by atoms with Crippen LogP contribution in [0.5, 0.6) is 0 Å². The lowest BCUT2D eigenvalue weighted by Gasteiger charge is -2.36. The lowest BCUT2D eigenvalue weighted by atomic mass is 10.2. The lowest BCUT2D eigenvalue weighted by Crippen LogP contribution is -2.54. The van der Waals surface area contributed by atoms with E-state index in [0.29, 0.717) is 13.1 Å². The molecule has 0 aromatic heterocycles. The van der Waals surface area contributed by atoms with Gasteiger partial charge in [0.15, 0.2) is 0 Å². The molecule has 1 saturated carbocycles. The summed E-state index contributed by atoms with van der Waals surface area (Å²) >= 11 is 0. The van der Waals surface area contributed by atoms with Gasteiger partial charge in [-0.05, 0) is 26.7 Å². The second-order valence-electron chi connectivity index (χ2n) is 4.71. The minimum atomic E-state index is 0.0882. The molecule has 1 heterocycles. The van der Waals surface area contributed by atoms with E-state index in [9.17, 15) is 9.59 Å². The van der Waals surface area contributed by atoms with Crippen LogP contribution in [-0.2, 0) is 9.59 Å². The fourth-order valence-electron chi connectivity index (χ4n) is 2.01. The van der Waals surface area contributed by atoms with Gasteiger partial charge in [0.05, 0.1) is 6.54 Å². The van der Waals surface area contributed by atoms with Crippen molar-refractivity contribution < 1.29 is 9.59 Å². The molecule has 0 N–H and O–H groups in total. The molecule has 0 spiro atoms. The molecule has 0 aromatic rings. The Morgan fingerprint density at radius 3 is 2.47 bits per heavy atom. The first-order chi connectivity index (χ1) is 7.09.